The quantitative estimate of drug-likeness (QED) is 0.436. The summed E-state index contributed by atoms with van der Waals surface area (Å²) in [7, 11) is 0. The first-order valence-electron chi connectivity index (χ1n) is 8.52. The third kappa shape index (κ3) is 5.48. The zero-order chi connectivity index (χ0) is 15.2. The Balaban J connectivity index is 0.00000192. The van der Waals surface area contributed by atoms with Gasteiger partial charge in [0.15, 0.2) is 11.1 Å². The molecule has 23 heavy (non-hydrogen) atoms. The average Bonchev–Trinajstić information content (AvgIpc) is 3.10. The van der Waals surface area contributed by atoms with Gasteiger partial charge in [0, 0.05) is 44.3 Å². The van der Waals surface area contributed by atoms with Crippen LogP contribution in [0.5, 0.6) is 0 Å². The maximum absolute atomic E-state index is 6.17. The summed E-state index contributed by atoms with van der Waals surface area (Å²) in [5, 5.41) is 3.15. The SMILES string of the molecule is I.NC(=NCCC1CCCCC1)N1CCN(c2nccs2)CC1. The maximum Gasteiger partial charge on any atom is 0.191 e. The number of aliphatic imine (C=N–C) groups is 1. The first kappa shape index (κ1) is 18.8. The van der Waals surface area contributed by atoms with Crippen LogP contribution in [0.2, 0.25) is 0 Å². The normalized spacial score (nSPS) is 20.4. The van der Waals surface area contributed by atoms with E-state index in [9.17, 15) is 0 Å². The summed E-state index contributed by atoms with van der Waals surface area (Å²) in [4.78, 5) is 13.5. The minimum atomic E-state index is 0. The Morgan fingerprint density at radius 1 is 1.22 bits per heavy atom. The monoisotopic (exact) mass is 449 g/mol. The molecular formula is C16H28IN5S. The van der Waals surface area contributed by atoms with Crippen molar-refractivity contribution in [1.82, 2.24) is 9.88 Å². The number of hydrogen-bond donors (Lipinski definition) is 1. The van der Waals surface area contributed by atoms with Crippen molar-refractivity contribution in [2.75, 3.05) is 37.6 Å². The Kier molecular flexibility index (Phi) is 7.88. The van der Waals surface area contributed by atoms with Crippen molar-refractivity contribution < 1.29 is 0 Å². The minimum Gasteiger partial charge on any atom is -0.370 e. The molecule has 1 saturated heterocycles. The fraction of sp³-hybridized carbons (Fsp3) is 0.750. The highest BCUT2D eigenvalue weighted by Gasteiger charge is 2.20. The predicted octanol–water partition coefficient (Wildman–Crippen LogP) is 3.17. The van der Waals surface area contributed by atoms with E-state index in [4.69, 9.17) is 5.73 Å². The fourth-order valence-electron chi connectivity index (χ4n) is 3.44. The van der Waals surface area contributed by atoms with E-state index in [0.29, 0.717) is 0 Å². The number of guanidine groups is 1. The lowest BCUT2D eigenvalue weighted by Crippen LogP contribution is -2.51. The third-order valence-electron chi connectivity index (χ3n) is 4.83. The molecule has 0 aromatic carbocycles. The molecule has 0 spiro atoms. The molecule has 5 nitrogen and oxygen atoms in total. The van der Waals surface area contributed by atoms with Gasteiger partial charge in [0.1, 0.15) is 0 Å². The van der Waals surface area contributed by atoms with E-state index in [0.717, 1.165) is 49.7 Å². The van der Waals surface area contributed by atoms with E-state index >= 15 is 0 Å². The van der Waals surface area contributed by atoms with E-state index in [1.54, 1.807) is 11.3 Å². The zero-order valence-corrected chi connectivity index (χ0v) is 16.8. The molecule has 0 atom stereocenters. The van der Waals surface area contributed by atoms with Crippen LogP contribution in [0, 0.1) is 5.92 Å². The number of rotatable bonds is 4. The molecule has 2 N–H and O–H groups in total. The smallest absolute Gasteiger partial charge is 0.191 e. The molecule has 0 amide bonds. The van der Waals surface area contributed by atoms with Crippen LogP contribution < -0.4 is 10.6 Å². The summed E-state index contributed by atoms with van der Waals surface area (Å²) in [6.45, 7) is 4.73. The Labute approximate surface area is 160 Å². The molecule has 1 saturated carbocycles. The number of nitrogens with zero attached hydrogens (tertiary/aromatic N) is 4. The molecule has 2 heterocycles. The van der Waals surface area contributed by atoms with Crippen molar-refractivity contribution in [2.45, 2.75) is 38.5 Å². The van der Waals surface area contributed by atoms with Crippen molar-refractivity contribution in [3.63, 3.8) is 0 Å². The van der Waals surface area contributed by atoms with Crippen LogP contribution in [0.25, 0.3) is 0 Å². The number of aromatic nitrogens is 1. The van der Waals surface area contributed by atoms with Gasteiger partial charge < -0.3 is 15.5 Å². The van der Waals surface area contributed by atoms with Gasteiger partial charge in [-0.15, -0.1) is 35.3 Å². The summed E-state index contributed by atoms with van der Waals surface area (Å²) in [6.07, 6.45) is 10.1. The summed E-state index contributed by atoms with van der Waals surface area (Å²) < 4.78 is 0. The molecule has 7 heteroatoms. The number of piperazine rings is 1. The van der Waals surface area contributed by atoms with Gasteiger partial charge in [0.25, 0.3) is 0 Å². The standard InChI is InChI=1S/C16H27N5S.HI/c17-15(18-7-6-14-4-2-1-3-5-14)20-9-11-21(12-10-20)16-19-8-13-22-16;/h8,13-14H,1-7,9-12H2,(H2,17,18);1H. The van der Waals surface area contributed by atoms with Gasteiger partial charge in [-0.2, -0.15) is 0 Å². The van der Waals surface area contributed by atoms with Gasteiger partial charge in [-0.25, -0.2) is 4.98 Å². The molecule has 130 valence electrons. The van der Waals surface area contributed by atoms with E-state index in [1.165, 1.54) is 38.5 Å². The van der Waals surface area contributed by atoms with Crippen molar-refractivity contribution in [3.8, 4) is 0 Å². The number of anilines is 1. The second-order valence-electron chi connectivity index (χ2n) is 6.32. The van der Waals surface area contributed by atoms with Crippen LogP contribution in [0.1, 0.15) is 38.5 Å². The average molecular weight is 449 g/mol. The lowest BCUT2D eigenvalue weighted by molar-refractivity contribution is 0.341. The third-order valence-corrected chi connectivity index (χ3v) is 5.66. The lowest BCUT2D eigenvalue weighted by Gasteiger charge is -2.35. The van der Waals surface area contributed by atoms with Crippen LogP contribution >= 0.6 is 35.3 Å². The highest BCUT2D eigenvalue weighted by atomic mass is 127. The van der Waals surface area contributed by atoms with Crippen molar-refractivity contribution in [1.29, 1.82) is 0 Å². The van der Waals surface area contributed by atoms with Crippen molar-refractivity contribution in [3.05, 3.63) is 11.6 Å². The molecule has 1 aliphatic heterocycles. The number of hydrogen-bond acceptors (Lipinski definition) is 4. The number of thiazole rings is 1. The number of nitrogens with two attached hydrogens (primary N) is 1. The van der Waals surface area contributed by atoms with Crippen LogP contribution in [-0.4, -0.2) is 48.6 Å². The van der Waals surface area contributed by atoms with Gasteiger partial charge >= 0.3 is 0 Å². The molecule has 1 aromatic rings. The van der Waals surface area contributed by atoms with Crippen LogP contribution in [-0.2, 0) is 0 Å². The maximum atomic E-state index is 6.17. The zero-order valence-electron chi connectivity index (χ0n) is 13.7. The Hall–Kier alpha value is -0.570. The first-order chi connectivity index (χ1) is 10.8. The summed E-state index contributed by atoms with van der Waals surface area (Å²) in [5.74, 6) is 1.61. The van der Waals surface area contributed by atoms with Gasteiger partial charge in [-0.3, -0.25) is 4.99 Å². The first-order valence-corrected chi connectivity index (χ1v) is 9.40. The van der Waals surface area contributed by atoms with Crippen LogP contribution in [0.15, 0.2) is 16.6 Å². The van der Waals surface area contributed by atoms with E-state index in [2.05, 4.69) is 19.8 Å². The molecule has 2 aliphatic rings. The van der Waals surface area contributed by atoms with Gasteiger partial charge in [0.05, 0.1) is 0 Å². The van der Waals surface area contributed by atoms with Gasteiger partial charge in [-0.1, -0.05) is 32.1 Å². The van der Waals surface area contributed by atoms with Crippen LogP contribution in [0.3, 0.4) is 0 Å². The largest absolute Gasteiger partial charge is 0.370 e. The molecule has 0 radical (unpaired) electrons. The van der Waals surface area contributed by atoms with E-state index in [-0.39, 0.29) is 24.0 Å². The molecule has 2 fully saturated rings. The second-order valence-corrected chi connectivity index (χ2v) is 7.19. The molecule has 0 unspecified atom stereocenters. The second kappa shape index (κ2) is 9.66. The van der Waals surface area contributed by atoms with Gasteiger partial charge in [-0.05, 0) is 12.3 Å². The summed E-state index contributed by atoms with van der Waals surface area (Å²) in [5.41, 5.74) is 6.17. The Bertz CT molecular complexity index is 465. The van der Waals surface area contributed by atoms with Crippen molar-refractivity contribution in [2.24, 2.45) is 16.6 Å². The highest BCUT2D eigenvalue weighted by molar-refractivity contribution is 14.0. The topological polar surface area (TPSA) is 57.8 Å². The molecule has 0 bridgehead atoms. The van der Waals surface area contributed by atoms with Crippen molar-refractivity contribution >= 4 is 46.4 Å². The predicted molar refractivity (Wildman–Crippen MR) is 109 cm³/mol. The Morgan fingerprint density at radius 3 is 2.61 bits per heavy atom. The summed E-state index contributed by atoms with van der Waals surface area (Å²) >= 11 is 1.70. The molecule has 1 aliphatic carbocycles. The lowest BCUT2D eigenvalue weighted by atomic mass is 9.87. The molecular weight excluding hydrogens is 421 g/mol. The summed E-state index contributed by atoms with van der Waals surface area (Å²) in [6, 6.07) is 0. The molecule has 3 rings (SSSR count). The van der Waals surface area contributed by atoms with Gasteiger partial charge in [0.2, 0.25) is 0 Å². The fourth-order valence-corrected chi connectivity index (χ4v) is 4.13. The van der Waals surface area contributed by atoms with Crippen LogP contribution in [0.4, 0.5) is 5.13 Å². The number of halogens is 1. The Morgan fingerprint density at radius 2 is 1.96 bits per heavy atom. The molecule has 1 aromatic heterocycles. The van der Waals surface area contributed by atoms with E-state index < -0.39 is 0 Å². The highest BCUT2D eigenvalue weighted by Crippen LogP contribution is 2.26. The minimum absolute atomic E-state index is 0. The van der Waals surface area contributed by atoms with E-state index in [1.807, 2.05) is 11.6 Å².